The number of esters is 1. The minimum atomic E-state index is -0.640. The van der Waals surface area contributed by atoms with Crippen LogP contribution in [0.2, 0.25) is 0 Å². The lowest BCUT2D eigenvalue weighted by molar-refractivity contribution is -0.172. The number of nitrogens with two attached hydrogens (primary N) is 1. The zero-order valence-corrected chi connectivity index (χ0v) is 11.0. The number of carbonyl (C=O) groups is 1. The van der Waals surface area contributed by atoms with Crippen LogP contribution in [0.15, 0.2) is 0 Å². The molecule has 0 amide bonds. The van der Waals surface area contributed by atoms with E-state index < -0.39 is 5.79 Å². The largest absolute Gasteiger partial charge is 0.464 e. The van der Waals surface area contributed by atoms with Gasteiger partial charge in [-0.05, 0) is 27.2 Å². The second-order valence-electron chi connectivity index (χ2n) is 5.12. The molecule has 0 aromatic heterocycles. The molecule has 0 unspecified atom stereocenters. The maximum absolute atomic E-state index is 11.3. The molecular formula is C12H21NO5. The van der Waals surface area contributed by atoms with Crippen molar-refractivity contribution in [2.75, 3.05) is 13.2 Å². The molecule has 1 saturated carbocycles. The molecule has 0 spiro atoms. The van der Waals surface area contributed by atoms with Gasteiger partial charge < -0.3 is 24.7 Å². The Morgan fingerprint density at radius 1 is 1.39 bits per heavy atom. The molecule has 104 valence electrons. The Hall–Kier alpha value is -0.690. The lowest BCUT2D eigenvalue weighted by atomic mass is 10.2. The Bertz CT molecular complexity index is 320. The van der Waals surface area contributed by atoms with E-state index in [9.17, 15) is 4.79 Å². The Kier molecular flexibility index (Phi) is 3.91. The van der Waals surface area contributed by atoms with Crippen LogP contribution in [-0.4, -0.2) is 49.3 Å². The van der Waals surface area contributed by atoms with Crippen LogP contribution in [0.1, 0.15) is 27.2 Å². The van der Waals surface area contributed by atoms with Crippen molar-refractivity contribution in [3.8, 4) is 0 Å². The Morgan fingerprint density at radius 2 is 2.06 bits per heavy atom. The predicted molar refractivity (Wildman–Crippen MR) is 62.8 cm³/mol. The number of carbonyl (C=O) groups excluding carboxylic acids is 1. The molecule has 1 aliphatic carbocycles. The molecule has 1 heterocycles. The van der Waals surface area contributed by atoms with Gasteiger partial charge in [0.15, 0.2) is 5.79 Å². The Morgan fingerprint density at radius 3 is 2.72 bits per heavy atom. The molecule has 18 heavy (non-hydrogen) atoms. The molecule has 0 radical (unpaired) electrons. The van der Waals surface area contributed by atoms with Gasteiger partial charge in [-0.3, -0.25) is 0 Å². The first-order chi connectivity index (χ1) is 8.43. The summed E-state index contributed by atoms with van der Waals surface area (Å²) in [4.78, 5) is 11.3. The number of fused-ring (bicyclic) bond motifs is 1. The minimum absolute atomic E-state index is 0.0712. The molecular weight excluding hydrogens is 238 g/mol. The van der Waals surface area contributed by atoms with Gasteiger partial charge in [-0.15, -0.1) is 0 Å². The fraction of sp³-hybridized carbons (Fsp3) is 0.917. The van der Waals surface area contributed by atoms with Gasteiger partial charge in [-0.2, -0.15) is 0 Å². The van der Waals surface area contributed by atoms with Crippen LogP contribution in [0, 0.1) is 0 Å². The van der Waals surface area contributed by atoms with Crippen molar-refractivity contribution in [3.05, 3.63) is 0 Å². The van der Waals surface area contributed by atoms with E-state index in [-0.39, 0.29) is 36.9 Å². The van der Waals surface area contributed by atoms with Gasteiger partial charge >= 0.3 is 5.97 Å². The molecule has 0 aromatic carbocycles. The van der Waals surface area contributed by atoms with Gasteiger partial charge in [0.2, 0.25) is 0 Å². The average molecular weight is 259 g/mol. The smallest absolute Gasteiger partial charge is 0.332 e. The number of ether oxygens (including phenoxy) is 4. The van der Waals surface area contributed by atoms with E-state index in [4.69, 9.17) is 24.7 Å². The molecule has 2 rings (SSSR count). The quantitative estimate of drug-likeness (QED) is 0.726. The third kappa shape index (κ3) is 2.83. The van der Waals surface area contributed by atoms with Gasteiger partial charge in [0.25, 0.3) is 0 Å². The van der Waals surface area contributed by atoms with Crippen LogP contribution in [0.25, 0.3) is 0 Å². The summed E-state index contributed by atoms with van der Waals surface area (Å²) in [6, 6.07) is -0.121. The fourth-order valence-electron chi connectivity index (χ4n) is 2.51. The first-order valence-corrected chi connectivity index (χ1v) is 6.31. The van der Waals surface area contributed by atoms with Crippen LogP contribution < -0.4 is 5.73 Å². The monoisotopic (exact) mass is 259 g/mol. The van der Waals surface area contributed by atoms with Crippen molar-refractivity contribution in [1.29, 1.82) is 0 Å². The average Bonchev–Trinajstić information content (AvgIpc) is 2.72. The second kappa shape index (κ2) is 5.13. The van der Waals surface area contributed by atoms with Gasteiger partial charge in [-0.1, -0.05) is 0 Å². The highest BCUT2D eigenvalue weighted by Gasteiger charge is 2.53. The summed E-state index contributed by atoms with van der Waals surface area (Å²) in [5.41, 5.74) is 6.00. The topological polar surface area (TPSA) is 80.0 Å². The molecule has 1 aliphatic heterocycles. The van der Waals surface area contributed by atoms with Crippen LogP contribution in [-0.2, 0) is 23.7 Å². The van der Waals surface area contributed by atoms with Crippen LogP contribution in [0.4, 0.5) is 0 Å². The summed E-state index contributed by atoms with van der Waals surface area (Å²) in [6.07, 6.45) is 0.0537. The highest BCUT2D eigenvalue weighted by atomic mass is 16.8. The number of rotatable bonds is 4. The van der Waals surface area contributed by atoms with Crippen LogP contribution in [0.3, 0.4) is 0 Å². The SMILES string of the molecule is CCOC(=O)CO[C@H]1C[C@@H](N)[C@@H]2OC(C)(C)O[C@@H]21. The summed E-state index contributed by atoms with van der Waals surface area (Å²) >= 11 is 0. The standard InChI is InChI=1S/C12H21NO5/c1-4-15-9(14)6-16-8-5-7(13)10-11(8)18-12(2,3)17-10/h7-8,10-11H,4-6,13H2,1-3H3/t7-,8+,10+,11-/m1/s1. The highest BCUT2D eigenvalue weighted by molar-refractivity contribution is 5.70. The van der Waals surface area contributed by atoms with Crippen molar-refractivity contribution in [3.63, 3.8) is 0 Å². The van der Waals surface area contributed by atoms with Crippen molar-refractivity contribution in [2.24, 2.45) is 5.73 Å². The first kappa shape index (κ1) is 13.7. The molecule has 2 aliphatic rings. The fourth-order valence-corrected chi connectivity index (χ4v) is 2.51. The zero-order valence-electron chi connectivity index (χ0n) is 11.0. The molecule has 2 fully saturated rings. The summed E-state index contributed by atoms with van der Waals surface area (Å²) in [6.45, 7) is 5.74. The zero-order chi connectivity index (χ0) is 13.3. The minimum Gasteiger partial charge on any atom is -0.464 e. The van der Waals surface area contributed by atoms with Gasteiger partial charge in [0.1, 0.15) is 18.8 Å². The lowest BCUT2D eigenvalue weighted by Crippen LogP contribution is -2.35. The molecule has 2 N–H and O–H groups in total. The third-order valence-electron chi connectivity index (χ3n) is 3.18. The Balaban J connectivity index is 1.89. The van der Waals surface area contributed by atoms with Gasteiger partial charge in [0, 0.05) is 6.04 Å². The van der Waals surface area contributed by atoms with Crippen LogP contribution >= 0.6 is 0 Å². The van der Waals surface area contributed by atoms with E-state index in [1.165, 1.54) is 0 Å². The summed E-state index contributed by atoms with van der Waals surface area (Å²) in [7, 11) is 0. The van der Waals surface area contributed by atoms with E-state index in [0.717, 1.165) is 0 Å². The molecule has 4 atom stereocenters. The highest BCUT2D eigenvalue weighted by Crippen LogP contribution is 2.38. The number of hydrogen-bond donors (Lipinski definition) is 1. The maximum Gasteiger partial charge on any atom is 0.332 e. The first-order valence-electron chi connectivity index (χ1n) is 6.31. The molecule has 1 saturated heterocycles. The van der Waals surface area contributed by atoms with E-state index in [1.54, 1.807) is 6.92 Å². The summed E-state index contributed by atoms with van der Waals surface area (Å²) < 4.78 is 21.8. The third-order valence-corrected chi connectivity index (χ3v) is 3.18. The van der Waals surface area contributed by atoms with Crippen molar-refractivity contribution < 1.29 is 23.7 Å². The van der Waals surface area contributed by atoms with Crippen molar-refractivity contribution in [2.45, 2.75) is 57.3 Å². The molecule has 6 nitrogen and oxygen atoms in total. The second-order valence-corrected chi connectivity index (χ2v) is 5.12. The Labute approximate surface area is 107 Å². The number of hydrogen-bond acceptors (Lipinski definition) is 6. The summed E-state index contributed by atoms with van der Waals surface area (Å²) in [5, 5.41) is 0. The molecule has 0 aromatic rings. The summed E-state index contributed by atoms with van der Waals surface area (Å²) in [5.74, 6) is -1.01. The molecule has 6 heteroatoms. The van der Waals surface area contributed by atoms with E-state index in [0.29, 0.717) is 13.0 Å². The van der Waals surface area contributed by atoms with Gasteiger partial charge in [0.05, 0.1) is 12.7 Å². The lowest BCUT2D eigenvalue weighted by Gasteiger charge is -2.22. The van der Waals surface area contributed by atoms with Gasteiger partial charge in [-0.25, -0.2) is 4.79 Å². The van der Waals surface area contributed by atoms with Crippen molar-refractivity contribution >= 4 is 5.97 Å². The predicted octanol–water partition coefficient (Wildman–Crippen LogP) is 0.186. The van der Waals surface area contributed by atoms with E-state index >= 15 is 0 Å². The molecule has 0 bridgehead atoms. The maximum atomic E-state index is 11.3. The van der Waals surface area contributed by atoms with Crippen LogP contribution in [0.5, 0.6) is 0 Å². The van der Waals surface area contributed by atoms with Crippen molar-refractivity contribution in [1.82, 2.24) is 0 Å². The van der Waals surface area contributed by atoms with E-state index in [1.807, 2.05) is 13.8 Å². The normalized spacial score (nSPS) is 37.6. The van der Waals surface area contributed by atoms with E-state index in [2.05, 4.69) is 0 Å².